The molecule has 0 fully saturated rings. The molecule has 1 aromatic heterocycles. The van der Waals surface area contributed by atoms with Crippen molar-refractivity contribution in [3.05, 3.63) is 63.9 Å². The number of rotatable bonds is 6. The van der Waals surface area contributed by atoms with Crippen LogP contribution in [0.25, 0.3) is 11.3 Å². The second-order valence-corrected chi connectivity index (χ2v) is 8.46. The molecule has 0 bridgehead atoms. The van der Waals surface area contributed by atoms with Crippen molar-refractivity contribution in [2.75, 3.05) is 11.1 Å². The van der Waals surface area contributed by atoms with Gasteiger partial charge in [-0.2, -0.15) is 0 Å². The summed E-state index contributed by atoms with van der Waals surface area (Å²) in [5, 5.41) is 5.47. The lowest BCUT2D eigenvalue weighted by atomic mass is 10.1. The largest absolute Gasteiger partial charge is 0.302 e. The first-order valence-electron chi connectivity index (χ1n) is 7.87. The predicted octanol–water partition coefficient (Wildman–Crippen LogP) is 5.87. The van der Waals surface area contributed by atoms with Gasteiger partial charge in [0.2, 0.25) is 5.91 Å². The van der Waals surface area contributed by atoms with Crippen LogP contribution < -0.4 is 5.32 Å². The van der Waals surface area contributed by atoms with Crippen molar-refractivity contribution in [3.63, 3.8) is 0 Å². The third kappa shape index (κ3) is 5.17. The lowest BCUT2D eigenvalue weighted by molar-refractivity contribution is -0.115. The van der Waals surface area contributed by atoms with Gasteiger partial charge in [-0.3, -0.25) is 4.79 Å². The SMILES string of the molecule is CCSc1ccc(CC(=O)Nc2nc(-c3ccc(Br)cc3)cs2)cc1. The molecular weight excluding hydrogens is 416 g/mol. The maximum atomic E-state index is 12.2. The van der Waals surface area contributed by atoms with Crippen LogP contribution in [0.5, 0.6) is 0 Å². The molecule has 0 unspecified atom stereocenters. The summed E-state index contributed by atoms with van der Waals surface area (Å²) in [7, 11) is 0. The average Bonchev–Trinajstić information content (AvgIpc) is 3.06. The number of aromatic nitrogens is 1. The molecule has 3 rings (SSSR count). The lowest BCUT2D eigenvalue weighted by Gasteiger charge is -2.04. The summed E-state index contributed by atoms with van der Waals surface area (Å²) in [6.07, 6.45) is 0.351. The second-order valence-electron chi connectivity index (χ2n) is 5.35. The van der Waals surface area contributed by atoms with E-state index in [0.29, 0.717) is 11.6 Å². The van der Waals surface area contributed by atoms with Crippen LogP contribution >= 0.6 is 39.0 Å². The molecule has 1 heterocycles. The molecule has 128 valence electrons. The number of thiazole rings is 1. The first-order valence-corrected chi connectivity index (χ1v) is 10.5. The molecule has 0 radical (unpaired) electrons. The molecule has 1 amide bonds. The van der Waals surface area contributed by atoms with E-state index in [1.54, 1.807) is 11.8 Å². The van der Waals surface area contributed by atoms with Gasteiger partial charge in [0.05, 0.1) is 12.1 Å². The van der Waals surface area contributed by atoms with Gasteiger partial charge in [0.25, 0.3) is 0 Å². The molecule has 0 saturated heterocycles. The van der Waals surface area contributed by atoms with Crippen molar-refractivity contribution in [2.45, 2.75) is 18.2 Å². The number of amides is 1. The van der Waals surface area contributed by atoms with E-state index in [4.69, 9.17) is 0 Å². The van der Waals surface area contributed by atoms with Crippen LogP contribution in [0.3, 0.4) is 0 Å². The van der Waals surface area contributed by atoms with Crippen LogP contribution in [0, 0.1) is 0 Å². The molecule has 1 N–H and O–H groups in total. The summed E-state index contributed by atoms with van der Waals surface area (Å²) >= 11 is 6.66. The van der Waals surface area contributed by atoms with Crippen molar-refractivity contribution in [3.8, 4) is 11.3 Å². The van der Waals surface area contributed by atoms with Gasteiger partial charge >= 0.3 is 0 Å². The van der Waals surface area contributed by atoms with Gasteiger partial charge in [-0.15, -0.1) is 23.1 Å². The molecule has 3 aromatic rings. The standard InChI is InChI=1S/C19H17BrN2OS2/c1-2-24-16-9-3-13(4-10-16)11-18(23)22-19-21-17(12-25-19)14-5-7-15(20)8-6-14/h3-10,12H,2,11H2,1H3,(H,21,22,23). The number of hydrogen-bond acceptors (Lipinski definition) is 4. The van der Waals surface area contributed by atoms with E-state index in [9.17, 15) is 4.79 Å². The summed E-state index contributed by atoms with van der Waals surface area (Å²) in [4.78, 5) is 18.0. The normalized spacial score (nSPS) is 10.6. The molecule has 0 atom stereocenters. The van der Waals surface area contributed by atoms with Gasteiger partial charge in [0.1, 0.15) is 0 Å². The predicted molar refractivity (Wildman–Crippen MR) is 110 cm³/mol. The van der Waals surface area contributed by atoms with Crippen LogP contribution in [0.2, 0.25) is 0 Å². The fourth-order valence-corrected chi connectivity index (χ4v) is 3.97. The van der Waals surface area contributed by atoms with E-state index in [-0.39, 0.29) is 5.91 Å². The maximum absolute atomic E-state index is 12.2. The Morgan fingerprint density at radius 1 is 1.16 bits per heavy atom. The number of anilines is 1. The molecule has 0 saturated carbocycles. The topological polar surface area (TPSA) is 42.0 Å². The maximum Gasteiger partial charge on any atom is 0.230 e. The van der Waals surface area contributed by atoms with E-state index in [1.807, 2.05) is 41.8 Å². The highest BCUT2D eigenvalue weighted by Crippen LogP contribution is 2.26. The van der Waals surface area contributed by atoms with Crippen molar-refractivity contribution < 1.29 is 4.79 Å². The van der Waals surface area contributed by atoms with Gasteiger partial charge in [0, 0.05) is 20.3 Å². The molecule has 25 heavy (non-hydrogen) atoms. The van der Waals surface area contributed by atoms with E-state index >= 15 is 0 Å². The van der Waals surface area contributed by atoms with E-state index in [2.05, 4.69) is 45.3 Å². The van der Waals surface area contributed by atoms with Gasteiger partial charge in [-0.1, -0.05) is 47.1 Å². The first-order chi connectivity index (χ1) is 12.1. The number of hydrogen-bond donors (Lipinski definition) is 1. The Kier molecular flexibility index (Phi) is 6.29. The summed E-state index contributed by atoms with van der Waals surface area (Å²) in [5.41, 5.74) is 2.90. The smallest absolute Gasteiger partial charge is 0.230 e. The molecule has 3 nitrogen and oxygen atoms in total. The monoisotopic (exact) mass is 432 g/mol. The van der Waals surface area contributed by atoms with Crippen LogP contribution in [0.1, 0.15) is 12.5 Å². The number of nitrogens with zero attached hydrogens (tertiary/aromatic N) is 1. The molecule has 0 aliphatic carbocycles. The highest BCUT2D eigenvalue weighted by atomic mass is 79.9. The zero-order chi connectivity index (χ0) is 17.6. The third-order valence-corrected chi connectivity index (χ3v) is 5.67. The number of carbonyl (C=O) groups excluding carboxylic acids is 1. The minimum absolute atomic E-state index is 0.0485. The lowest BCUT2D eigenvalue weighted by Crippen LogP contribution is -2.14. The summed E-state index contributed by atoms with van der Waals surface area (Å²) in [5.74, 6) is 0.998. The minimum atomic E-state index is -0.0485. The van der Waals surface area contributed by atoms with Crippen molar-refractivity contribution in [1.82, 2.24) is 4.98 Å². The van der Waals surface area contributed by atoms with Crippen molar-refractivity contribution in [2.24, 2.45) is 0 Å². The number of halogens is 1. The fourth-order valence-electron chi connectivity index (χ4n) is 2.30. The molecule has 0 aliphatic rings. The quantitative estimate of drug-likeness (QED) is 0.495. The highest BCUT2D eigenvalue weighted by molar-refractivity contribution is 9.10. The molecule has 0 spiro atoms. The summed E-state index contributed by atoms with van der Waals surface area (Å²) in [6, 6.07) is 16.1. The van der Waals surface area contributed by atoms with Crippen molar-refractivity contribution in [1.29, 1.82) is 0 Å². The zero-order valence-corrected chi connectivity index (χ0v) is 16.9. The number of nitrogens with one attached hydrogen (secondary N) is 1. The van der Waals surface area contributed by atoms with Crippen LogP contribution in [-0.4, -0.2) is 16.6 Å². The van der Waals surface area contributed by atoms with E-state index in [0.717, 1.165) is 27.0 Å². The number of benzene rings is 2. The van der Waals surface area contributed by atoms with E-state index < -0.39 is 0 Å². The Hall–Kier alpha value is -1.63. The number of carbonyl (C=O) groups is 1. The van der Waals surface area contributed by atoms with Gasteiger partial charge < -0.3 is 5.32 Å². The molecular formula is C19H17BrN2OS2. The fraction of sp³-hybridized carbons (Fsp3) is 0.158. The highest BCUT2D eigenvalue weighted by Gasteiger charge is 2.09. The van der Waals surface area contributed by atoms with Crippen LogP contribution in [0.15, 0.2) is 63.3 Å². The third-order valence-electron chi connectivity index (χ3n) is 3.49. The summed E-state index contributed by atoms with van der Waals surface area (Å²) < 4.78 is 1.03. The Bertz CT molecular complexity index is 845. The zero-order valence-electron chi connectivity index (χ0n) is 13.7. The van der Waals surface area contributed by atoms with E-state index in [1.165, 1.54) is 16.2 Å². The Morgan fingerprint density at radius 3 is 2.56 bits per heavy atom. The van der Waals surface area contributed by atoms with Gasteiger partial charge in [-0.05, 0) is 35.6 Å². The molecule has 2 aromatic carbocycles. The summed E-state index contributed by atoms with van der Waals surface area (Å²) in [6.45, 7) is 2.13. The Morgan fingerprint density at radius 2 is 1.88 bits per heavy atom. The minimum Gasteiger partial charge on any atom is -0.302 e. The van der Waals surface area contributed by atoms with Crippen LogP contribution in [-0.2, 0) is 11.2 Å². The molecule has 6 heteroatoms. The van der Waals surface area contributed by atoms with Gasteiger partial charge in [0.15, 0.2) is 5.13 Å². The number of thioether (sulfide) groups is 1. The average molecular weight is 433 g/mol. The van der Waals surface area contributed by atoms with Crippen molar-refractivity contribution >= 4 is 50.1 Å². The van der Waals surface area contributed by atoms with Crippen LogP contribution in [0.4, 0.5) is 5.13 Å². The Balaban J connectivity index is 1.60. The van der Waals surface area contributed by atoms with Gasteiger partial charge in [-0.25, -0.2) is 4.98 Å². The molecule has 0 aliphatic heterocycles. The first kappa shape index (κ1) is 18.2. The Labute approximate surface area is 164 Å². The second kappa shape index (κ2) is 8.65.